The highest BCUT2D eigenvalue weighted by atomic mass is 16.4. The van der Waals surface area contributed by atoms with Crippen LogP contribution in [0.3, 0.4) is 0 Å². The number of nitrogens with one attached hydrogen (secondary N) is 2. The molecule has 0 aliphatic carbocycles. The van der Waals surface area contributed by atoms with E-state index in [2.05, 4.69) is 85.1 Å². The summed E-state index contributed by atoms with van der Waals surface area (Å²) in [6.07, 6.45) is 89.9. The lowest BCUT2D eigenvalue weighted by atomic mass is 10.0. The van der Waals surface area contributed by atoms with Gasteiger partial charge in [0, 0.05) is 13.1 Å². The van der Waals surface area contributed by atoms with Crippen molar-refractivity contribution in [1.29, 1.82) is 0 Å². The Morgan fingerprint density at radius 3 is 0.494 bits per heavy atom. The molecule has 2 amide bonds. The maximum atomic E-state index is 10.4. The molecular formula is C83H154N2O4. The monoisotopic (exact) mass is 1240 g/mol. The van der Waals surface area contributed by atoms with Crippen molar-refractivity contribution in [3.05, 3.63) is 71.8 Å². The van der Waals surface area contributed by atoms with Crippen LogP contribution in [0.2, 0.25) is 0 Å². The fourth-order valence-corrected chi connectivity index (χ4v) is 12.8. The lowest BCUT2D eigenvalue weighted by molar-refractivity contribution is 0.193. The lowest BCUT2D eigenvalue weighted by Crippen LogP contribution is -2.21. The Balaban J connectivity index is 0.00000144. The maximum absolute atomic E-state index is 10.4. The van der Waals surface area contributed by atoms with Crippen molar-refractivity contribution in [2.24, 2.45) is 0 Å². The zero-order valence-electron chi connectivity index (χ0n) is 59.9. The summed E-state index contributed by atoms with van der Waals surface area (Å²) in [7, 11) is 0. The van der Waals surface area contributed by atoms with Crippen LogP contribution in [0.1, 0.15) is 436 Å². The van der Waals surface area contributed by atoms with E-state index < -0.39 is 12.2 Å². The number of hydrogen-bond donors (Lipinski definition) is 4. The van der Waals surface area contributed by atoms with Crippen molar-refractivity contribution in [3.63, 3.8) is 0 Å². The smallest absolute Gasteiger partial charge is 0.404 e. The van der Waals surface area contributed by atoms with E-state index in [9.17, 15) is 9.59 Å². The van der Waals surface area contributed by atoms with E-state index >= 15 is 0 Å². The average molecular weight is 1240 g/mol. The van der Waals surface area contributed by atoms with Gasteiger partial charge in [-0.25, -0.2) is 9.59 Å². The molecule has 520 valence electrons. The Kier molecular flexibility index (Phi) is 74.8. The molecule has 89 heavy (non-hydrogen) atoms. The van der Waals surface area contributed by atoms with E-state index in [0.717, 1.165) is 32.1 Å². The molecule has 0 saturated carbocycles. The molecule has 0 bridgehead atoms. The summed E-state index contributed by atoms with van der Waals surface area (Å²) in [5.74, 6) is 0. The van der Waals surface area contributed by atoms with Crippen LogP contribution in [0.5, 0.6) is 0 Å². The minimum Gasteiger partial charge on any atom is -0.465 e. The Morgan fingerprint density at radius 1 is 0.225 bits per heavy atom. The molecule has 0 radical (unpaired) electrons. The van der Waals surface area contributed by atoms with Gasteiger partial charge in [0.2, 0.25) is 0 Å². The van der Waals surface area contributed by atoms with E-state index in [0.29, 0.717) is 13.1 Å². The second-order valence-corrected chi connectivity index (χ2v) is 27.5. The number of carbonyl (C=O) groups is 2. The highest BCUT2D eigenvalue weighted by Gasteiger charge is 2.02. The van der Waals surface area contributed by atoms with Gasteiger partial charge in [-0.15, -0.1) is 0 Å². The van der Waals surface area contributed by atoms with Crippen molar-refractivity contribution in [1.82, 2.24) is 10.6 Å². The summed E-state index contributed by atoms with van der Waals surface area (Å²) in [5.41, 5.74) is 2.74. The number of carboxylic acid groups (broad SMARTS) is 2. The second-order valence-electron chi connectivity index (χ2n) is 27.5. The van der Waals surface area contributed by atoms with Gasteiger partial charge in [-0.1, -0.05) is 473 Å². The highest BCUT2D eigenvalue weighted by Crippen LogP contribution is 2.20. The number of unbranched alkanes of at least 4 members (excludes halogenated alkanes) is 62. The summed E-state index contributed by atoms with van der Waals surface area (Å²) < 4.78 is 0. The van der Waals surface area contributed by atoms with E-state index in [1.807, 2.05) is 0 Å². The van der Waals surface area contributed by atoms with Crippen LogP contribution < -0.4 is 10.6 Å². The molecule has 6 nitrogen and oxygen atoms in total. The van der Waals surface area contributed by atoms with E-state index in [-0.39, 0.29) is 0 Å². The minimum atomic E-state index is -0.897. The van der Waals surface area contributed by atoms with Gasteiger partial charge in [-0.05, 0) is 30.4 Å². The van der Waals surface area contributed by atoms with E-state index in [4.69, 9.17) is 10.2 Å². The molecule has 2 rings (SSSR count). The third kappa shape index (κ3) is 77.3. The molecule has 0 saturated heterocycles. The van der Waals surface area contributed by atoms with Gasteiger partial charge >= 0.3 is 12.2 Å². The van der Waals surface area contributed by atoms with Crippen LogP contribution in [0.15, 0.2) is 60.7 Å². The first-order valence-corrected chi connectivity index (χ1v) is 40.0. The molecule has 0 aliphatic rings. The molecule has 0 heterocycles. The molecule has 6 heteroatoms. The molecule has 0 unspecified atom stereocenters. The van der Waals surface area contributed by atoms with Crippen LogP contribution in [-0.4, -0.2) is 35.5 Å². The first-order valence-electron chi connectivity index (χ1n) is 40.0. The predicted octanol–water partition coefficient (Wildman–Crippen LogP) is 28.8. The van der Waals surface area contributed by atoms with Gasteiger partial charge in [0.1, 0.15) is 0 Å². The normalized spacial score (nSPS) is 11.1. The first-order chi connectivity index (χ1) is 44.0. The predicted molar refractivity (Wildman–Crippen MR) is 395 cm³/mol. The number of benzene rings is 2. The second kappa shape index (κ2) is 77.4. The third-order valence-electron chi connectivity index (χ3n) is 18.7. The summed E-state index contributed by atoms with van der Waals surface area (Å²) in [6.45, 7) is 5.81. The molecule has 4 N–H and O–H groups in total. The minimum absolute atomic E-state index is 0.606. The molecule has 0 fully saturated rings. The zero-order valence-corrected chi connectivity index (χ0v) is 59.9. The van der Waals surface area contributed by atoms with Gasteiger partial charge in [-0.3, -0.25) is 0 Å². The van der Waals surface area contributed by atoms with Gasteiger partial charge < -0.3 is 20.8 Å². The molecule has 2 aromatic rings. The van der Waals surface area contributed by atoms with Gasteiger partial charge in [0.15, 0.2) is 0 Å². The fraction of sp³-hybridized carbons (Fsp3) is 0.831. The standard InChI is InChI=1S/2C35H71NO2.C13H12/c2*1-2-3-4-5-6-7-8-9-10-11-12-13-14-15-16-17-18-19-20-21-22-23-24-25-26-27-28-29-30-31-32-33-34-36-35(37)38;1-3-7-12(8-4-1)11-13-9-5-2-6-10-13/h2*36H,2-34H2,1H3,(H,37,38);1-10H,11H2. The summed E-state index contributed by atoms with van der Waals surface area (Å²) in [5, 5.41) is 21.9. The van der Waals surface area contributed by atoms with Crippen LogP contribution in [0, 0.1) is 0 Å². The first kappa shape index (κ1) is 86.0. The molecule has 0 spiro atoms. The molecule has 0 aromatic heterocycles. The number of rotatable bonds is 68. The topological polar surface area (TPSA) is 98.7 Å². The molecule has 0 aliphatic heterocycles. The lowest BCUT2D eigenvalue weighted by Gasteiger charge is -2.05. The van der Waals surface area contributed by atoms with Crippen LogP contribution in [0.4, 0.5) is 9.59 Å². The van der Waals surface area contributed by atoms with Gasteiger partial charge in [0.25, 0.3) is 0 Å². The summed E-state index contributed by atoms with van der Waals surface area (Å²) >= 11 is 0. The van der Waals surface area contributed by atoms with Gasteiger partial charge in [0.05, 0.1) is 0 Å². The van der Waals surface area contributed by atoms with Crippen LogP contribution >= 0.6 is 0 Å². The summed E-state index contributed by atoms with van der Waals surface area (Å²) in [4.78, 5) is 20.7. The highest BCUT2D eigenvalue weighted by molar-refractivity contribution is 5.64. The van der Waals surface area contributed by atoms with Crippen molar-refractivity contribution >= 4 is 12.2 Å². The fourth-order valence-electron chi connectivity index (χ4n) is 12.8. The van der Waals surface area contributed by atoms with Crippen LogP contribution in [-0.2, 0) is 6.42 Å². The Hall–Kier alpha value is -3.02. The van der Waals surface area contributed by atoms with Crippen LogP contribution in [0.25, 0.3) is 0 Å². The maximum Gasteiger partial charge on any atom is 0.404 e. The molecule has 2 aromatic carbocycles. The quantitative estimate of drug-likeness (QED) is 0.0496. The molecule has 0 atom stereocenters. The van der Waals surface area contributed by atoms with E-state index in [1.165, 1.54) is 396 Å². The van der Waals surface area contributed by atoms with Crippen molar-refractivity contribution in [3.8, 4) is 0 Å². The third-order valence-corrected chi connectivity index (χ3v) is 18.7. The Morgan fingerprint density at radius 2 is 0.360 bits per heavy atom. The van der Waals surface area contributed by atoms with Crippen molar-refractivity contribution < 1.29 is 19.8 Å². The number of amides is 2. The zero-order chi connectivity index (χ0) is 64.2. The summed E-state index contributed by atoms with van der Waals surface area (Å²) in [6, 6.07) is 21.1. The van der Waals surface area contributed by atoms with Crippen molar-refractivity contribution in [2.75, 3.05) is 13.1 Å². The average Bonchev–Trinajstić information content (AvgIpc) is 3.64. The Bertz CT molecular complexity index is 1490. The van der Waals surface area contributed by atoms with E-state index in [1.54, 1.807) is 0 Å². The molecular weight excluding hydrogens is 1090 g/mol. The van der Waals surface area contributed by atoms with Crippen molar-refractivity contribution in [2.45, 2.75) is 431 Å². The Labute approximate surface area is 555 Å². The largest absolute Gasteiger partial charge is 0.465 e. The van der Waals surface area contributed by atoms with Gasteiger partial charge in [-0.2, -0.15) is 0 Å². The SMILES string of the molecule is CCCCCCCCCCCCCCCCCCCCCCCCCCCCCCCCCCNC(=O)O.CCCCCCCCCCCCCCCCCCCCCCCCCCCCCCCCCCNC(=O)O.c1ccc(Cc2ccccc2)cc1. The number of hydrogen-bond acceptors (Lipinski definition) is 2.